The Hall–Kier alpha value is -0.570. The van der Waals surface area contributed by atoms with Gasteiger partial charge in [-0.1, -0.05) is 20.3 Å². The highest BCUT2D eigenvalue weighted by Gasteiger charge is 2.37. The molecule has 0 bridgehead atoms. The summed E-state index contributed by atoms with van der Waals surface area (Å²) in [6.07, 6.45) is 5.69. The van der Waals surface area contributed by atoms with Gasteiger partial charge in [-0.25, -0.2) is 0 Å². The molecule has 0 radical (unpaired) electrons. The van der Waals surface area contributed by atoms with E-state index in [0.717, 1.165) is 32.1 Å². The molecule has 15 heavy (non-hydrogen) atoms. The first-order valence-electron chi connectivity index (χ1n) is 6.06. The first-order chi connectivity index (χ1) is 7.22. The van der Waals surface area contributed by atoms with Gasteiger partial charge in [0.15, 0.2) is 0 Å². The fourth-order valence-electron chi connectivity index (χ4n) is 1.96. The van der Waals surface area contributed by atoms with Crippen molar-refractivity contribution in [1.29, 1.82) is 0 Å². The summed E-state index contributed by atoms with van der Waals surface area (Å²) in [6, 6.07) is 0.395. The first kappa shape index (κ1) is 12.5. The summed E-state index contributed by atoms with van der Waals surface area (Å²) in [7, 11) is 1.47. The lowest BCUT2D eigenvalue weighted by Gasteiger charge is -2.22. The molecule has 0 aliphatic heterocycles. The Bertz CT molecular complexity index is 202. The Morgan fingerprint density at radius 2 is 2.13 bits per heavy atom. The van der Waals surface area contributed by atoms with Crippen LogP contribution in [-0.4, -0.2) is 25.2 Å². The highest BCUT2D eigenvalue weighted by atomic mass is 16.5. The number of carbonyl (C=O) groups is 1. The maximum Gasteiger partial charge on any atom is 0.323 e. The molecule has 1 saturated carbocycles. The normalized spacial score (nSPS) is 19.7. The third kappa shape index (κ3) is 3.82. The second kappa shape index (κ2) is 6.11. The van der Waals surface area contributed by atoms with Crippen LogP contribution in [0, 0.1) is 5.92 Å². The minimum absolute atomic E-state index is 0.0634. The van der Waals surface area contributed by atoms with Crippen LogP contribution in [0.2, 0.25) is 0 Å². The molecule has 0 saturated heterocycles. The molecule has 0 aromatic carbocycles. The van der Waals surface area contributed by atoms with E-state index < -0.39 is 0 Å². The summed E-state index contributed by atoms with van der Waals surface area (Å²) >= 11 is 0. The molecule has 88 valence electrons. The fourth-order valence-corrected chi connectivity index (χ4v) is 1.96. The molecule has 1 aliphatic carbocycles. The number of carbonyl (C=O) groups excluding carboxylic acids is 1. The quantitative estimate of drug-likeness (QED) is 0.658. The van der Waals surface area contributed by atoms with Crippen LogP contribution in [0.25, 0.3) is 0 Å². The minimum atomic E-state index is -0.0907. The van der Waals surface area contributed by atoms with Gasteiger partial charge in [0, 0.05) is 6.04 Å². The van der Waals surface area contributed by atoms with Gasteiger partial charge >= 0.3 is 5.97 Å². The zero-order valence-electron chi connectivity index (χ0n) is 10.1. The zero-order chi connectivity index (χ0) is 11.3. The standard InChI is InChI=1S/C12H23NO2/c1-4-6-10(5-2)13-11(9-7-8-9)12(14)15-3/h9-11,13H,4-8H2,1-3H3. The van der Waals surface area contributed by atoms with E-state index in [1.54, 1.807) is 0 Å². The summed E-state index contributed by atoms with van der Waals surface area (Å²) in [5.74, 6) is 0.426. The number of methoxy groups -OCH3 is 1. The van der Waals surface area contributed by atoms with Crippen LogP contribution in [0.5, 0.6) is 0 Å². The zero-order valence-corrected chi connectivity index (χ0v) is 10.1. The molecule has 2 unspecified atom stereocenters. The largest absolute Gasteiger partial charge is 0.468 e. The van der Waals surface area contributed by atoms with Crippen LogP contribution >= 0.6 is 0 Å². The maximum absolute atomic E-state index is 11.6. The van der Waals surface area contributed by atoms with Gasteiger partial charge in [-0.3, -0.25) is 4.79 Å². The Morgan fingerprint density at radius 1 is 1.47 bits per heavy atom. The predicted octanol–water partition coefficient (Wildman–Crippen LogP) is 2.11. The topological polar surface area (TPSA) is 38.3 Å². The van der Waals surface area contributed by atoms with Gasteiger partial charge in [-0.05, 0) is 31.6 Å². The molecule has 0 heterocycles. The van der Waals surface area contributed by atoms with Gasteiger partial charge in [-0.15, -0.1) is 0 Å². The van der Waals surface area contributed by atoms with Gasteiger partial charge in [0.25, 0.3) is 0 Å². The second-order valence-electron chi connectivity index (χ2n) is 4.40. The molecule has 2 atom stereocenters. The number of rotatable bonds is 7. The van der Waals surface area contributed by atoms with E-state index in [0.29, 0.717) is 12.0 Å². The number of hydrogen-bond acceptors (Lipinski definition) is 3. The molecule has 0 spiro atoms. The van der Waals surface area contributed by atoms with Crippen molar-refractivity contribution in [1.82, 2.24) is 5.32 Å². The van der Waals surface area contributed by atoms with Crippen molar-refractivity contribution >= 4 is 5.97 Å². The first-order valence-corrected chi connectivity index (χ1v) is 6.06. The molecular weight excluding hydrogens is 190 g/mol. The molecule has 1 N–H and O–H groups in total. The van der Waals surface area contributed by atoms with Crippen LogP contribution in [0.4, 0.5) is 0 Å². The van der Waals surface area contributed by atoms with Gasteiger partial charge in [0.2, 0.25) is 0 Å². The average Bonchev–Trinajstić information content (AvgIpc) is 3.07. The van der Waals surface area contributed by atoms with E-state index in [-0.39, 0.29) is 12.0 Å². The van der Waals surface area contributed by atoms with Crippen LogP contribution in [0.1, 0.15) is 46.0 Å². The summed E-state index contributed by atoms with van der Waals surface area (Å²) in [5, 5.41) is 3.44. The van der Waals surface area contributed by atoms with Gasteiger partial charge < -0.3 is 10.1 Å². The lowest BCUT2D eigenvalue weighted by Crippen LogP contribution is -2.45. The van der Waals surface area contributed by atoms with E-state index in [2.05, 4.69) is 19.2 Å². The highest BCUT2D eigenvalue weighted by Crippen LogP contribution is 2.33. The molecular formula is C12H23NO2. The molecule has 0 amide bonds. The Morgan fingerprint density at radius 3 is 2.53 bits per heavy atom. The molecule has 1 aliphatic rings. The fraction of sp³-hybridized carbons (Fsp3) is 0.917. The third-order valence-corrected chi connectivity index (χ3v) is 3.09. The summed E-state index contributed by atoms with van der Waals surface area (Å²) in [5.41, 5.74) is 0. The van der Waals surface area contributed by atoms with Gasteiger partial charge in [0.05, 0.1) is 7.11 Å². The molecule has 3 nitrogen and oxygen atoms in total. The van der Waals surface area contributed by atoms with Crippen LogP contribution in [-0.2, 0) is 9.53 Å². The van der Waals surface area contributed by atoms with E-state index in [4.69, 9.17) is 4.74 Å². The Balaban J connectivity index is 2.45. The second-order valence-corrected chi connectivity index (χ2v) is 4.40. The van der Waals surface area contributed by atoms with Crippen molar-refractivity contribution in [3.63, 3.8) is 0 Å². The monoisotopic (exact) mass is 213 g/mol. The average molecular weight is 213 g/mol. The lowest BCUT2D eigenvalue weighted by molar-refractivity contribution is -0.144. The van der Waals surface area contributed by atoms with Crippen molar-refractivity contribution in [2.45, 2.75) is 58.0 Å². The van der Waals surface area contributed by atoms with E-state index >= 15 is 0 Å². The van der Waals surface area contributed by atoms with Crippen molar-refractivity contribution in [2.75, 3.05) is 7.11 Å². The van der Waals surface area contributed by atoms with E-state index in [1.807, 2.05) is 0 Å². The predicted molar refractivity (Wildman–Crippen MR) is 60.7 cm³/mol. The van der Waals surface area contributed by atoms with Crippen molar-refractivity contribution in [3.8, 4) is 0 Å². The maximum atomic E-state index is 11.6. The number of hydrogen-bond donors (Lipinski definition) is 1. The van der Waals surface area contributed by atoms with Gasteiger partial charge in [0.1, 0.15) is 6.04 Å². The number of esters is 1. The third-order valence-electron chi connectivity index (χ3n) is 3.09. The molecule has 3 heteroatoms. The lowest BCUT2D eigenvalue weighted by atomic mass is 10.1. The van der Waals surface area contributed by atoms with Crippen molar-refractivity contribution < 1.29 is 9.53 Å². The Kier molecular flexibility index (Phi) is 5.09. The van der Waals surface area contributed by atoms with E-state index in [1.165, 1.54) is 7.11 Å². The van der Waals surface area contributed by atoms with Crippen LogP contribution < -0.4 is 5.32 Å². The van der Waals surface area contributed by atoms with Crippen LogP contribution in [0.3, 0.4) is 0 Å². The molecule has 1 fully saturated rings. The van der Waals surface area contributed by atoms with Crippen molar-refractivity contribution in [3.05, 3.63) is 0 Å². The summed E-state index contributed by atoms with van der Waals surface area (Å²) < 4.78 is 4.84. The minimum Gasteiger partial charge on any atom is -0.468 e. The number of ether oxygens (including phenoxy) is 1. The smallest absolute Gasteiger partial charge is 0.323 e. The Labute approximate surface area is 92.6 Å². The summed E-state index contributed by atoms with van der Waals surface area (Å²) in [4.78, 5) is 11.6. The highest BCUT2D eigenvalue weighted by molar-refractivity contribution is 5.76. The van der Waals surface area contributed by atoms with Gasteiger partial charge in [-0.2, -0.15) is 0 Å². The number of nitrogens with one attached hydrogen (secondary N) is 1. The SMILES string of the molecule is CCCC(CC)NC(C(=O)OC)C1CC1. The van der Waals surface area contributed by atoms with E-state index in [9.17, 15) is 4.79 Å². The van der Waals surface area contributed by atoms with Crippen molar-refractivity contribution in [2.24, 2.45) is 5.92 Å². The molecule has 0 aromatic rings. The van der Waals surface area contributed by atoms with Crippen LogP contribution in [0.15, 0.2) is 0 Å². The summed E-state index contributed by atoms with van der Waals surface area (Å²) in [6.45, 7) is 4.34. The molecule has 0 aromatic heterocycles. The molecule has 1 rings (SSSR count).